The third-order valence-electron chi connectivity index (χ3n) is 2.82. The summed E-state index contributed by atoms with van der Waals surface area (Å²) >= 11 is 5.57. The van der Waals surface area contributed by atoms with E-state index in [0.29, 0.717) is 12.1 Å². The molecule has 20 heavy (non-hydrogen) atoms. The molecule has 0 bridgehead atoms. The molecule has 0 spiro atoms. The van der Waals surface area contributed by atoms with Crippen LogP contribution in [0.4, 0.5) is 17.6 Å². The Bertz CT molecular complexity index is 622. The van der Waals surface area contributed by atoms with Gasteiger partial charge in [-0.1, -0.05) is 23.7 Å². The summed E-state index contributed by atoms with van der Waals surface area (Å²) in [6.07, 6.45) is -2.03. The first kappa shape index (κ1) is 14.8. The highest BCUT2D eigenvalue weighted by atomic mass is 35.5. The predicted molar refractivity (Wildman–Crippen MR) is 66.4 cm³/mol. The normalized spacial score (nSPS) is 12.5. The molecule has 0 aromatic heterocycles. The van der Waals surface area contributed by atoms with Crippen molar-refractivity contribution in [1.82, 2.24) is 0 Å². The molecule has 0 aliphatic carbocycles. The Morgan fingerprint density at radius 1 is 1.05 bits per heavy atom. The molecule has 0 aliphatic heterocycles. The molecule has 2 rings (SSSR count). The van der Waals surface area contributed by atoms with Gasteiger partial charge in [0.1, 0.15) is 23.3 Å². The number of hydrogen-bond acceptors (Lipinski definition) is 1. The lowest BCUT2D eigenvalue weighted by molar-refractivity contribution is 0.167. The molecular formula is C14H9ClF4O. The Morgan fingerprint density at radius 3 is 2.25 bits per heavy atom. The van der Waals surface area contributed by atoms with Crippen molar-refractivity contribution in [2.45, 2.75) is 12.5 Å². The van der Waals surface area contributed by atoms with Gasteiger partial charge in [0.05, 0.1) is 16.7 Å². The van der Waals surface area contributed by atoms with Gasteiger partial charge in [-0.2, -0.15) is 0 Å². The van der Waals surface area contributed by atoms with Crippen LogP contribution in [-0.4, -0.2) is 5.11 Å². The Kier molecular flexibility index (Phi) is 4.30. The number of aliphatic hydroxyl groups excluding tert-OH is 1. The van der Waals surface area contributed by atoms with E-state index in [1.165, 1.54) is 18.2 Å². The second kappa shape index (κ2) is 5.81. The molecule has 2 aromatic rings. The first-order valence-corrected chi connectivity index (χ1v) is 6.03. The molecule has 0 amide bonds. The summed E-state index contributed by atoms with van der Waals surface area (Å²) < 4.78 is 53.4. The van der Waals surface area contributed by atoms with Crippen molar-refractivity contribution in [3.05, 3.63) is 69.8 Å². The van der Waals surface area contributed by atoms with Crippen molar-refractivity contribution in [2.75, 3.05) is 0 Å². The van der Waals surface area contributed by atoms with E-state index in [1.807, 2.05) is 0 Å². The average Bonchev–Trinajstić information content (AvgIpc) is 2.33. The summed E-state index contributed by atoms with van der Waals surface area (Å²) in [7, 11) is 0. The summed E-state index contributed by atoms with van der Waals surface area (Å²) in [5, 5.41) is 9.67. The van der Waals surface area contributed by atoms with Crippen molar-refractivity contribution >= 4 is 11.6 Å². The van der Waals surface area contributed by atoms with E-state index in [9.17, 15) is 22.7 Å². The van der Waals surface area contributed by atoms with Crippen LogP contribution < -0.4 is 0 Å². The lowest BCUT2D eigenvalue weighted by Crippen LogP contribution is -2.09. The van der Waals surface area contributed by atoms with Crippen molar-refractivity contribution in [3.8, 4) is 0 Å². The van der Waals surface area contributed by atoms with E-state index in [1.54, 1.807) is 0 Å². The van der Waals surface area contributed by atoms with Crippen LogP contribution in [0.25, 0.3) is 0 Å². The smallest absolute Gasteiger partial charge is 0.145 e. The van der Waals surface area contributed by atoms with Crippen LogP contribution in [0, 0.1) is 23.3 Å². The molecule has 0 fully saturated rings. The van der Waals surface area contributed by atoms with Crippen molar-refractivity contribution in [2.24, 2.45) is 0 Å². The van der Waals surface area contributed by atoms with E-state index < -0.39 is 34.9 Å². The molecule has 1 atom stereocenters. The fourth-order valence-electron chi connectivity index (χ4n) is 1.89. The number of rotatable bonds is 3. The third kappa shape index (κ3) is 2.94. The molecule has 0 radical (unpaired) electrons. The van der Waals surface area contributed by atoms with Crippen LogP contribution in [0.5, 0.6) is 0 Å². The zero-order valence-electron chi connectivity index (χ0n) is 10.0. The van der Waals surface area contributed by atoms with Gasteiger partial charge in [0.15, 0.2) is 0 Å². The van der Waals surface area contributed by atoms with Gasteiger partial charge in [-0.15, -0.1) is 0 Å². The number of halogens is 5. The molecule has 0 aliphatic rings. The highest BCUT2D eigenvalue weighted by molar-refractivity contribution is 6.30. The highest BCUT2D eigenvalue weighted by Crippen LogP contribution is 2.27. The Labute approximate surface area is 117 Å². The van der Waals surface area contributed by atoms with Crippen molar-refractivity contribution < 1.29 is 22.7 Å². The fourth-order valence-corrected chi connectivity index (χ4v) is 2.08. The van der Waals surface area contributed by atoms with Gasteiger partial charge in [-0.05, 0) is 11.6 Å². The van der Waals surface area contributed by atoms with E-state index in [4.69, 9.17) is 11.6 Å². The molecule has 0 saturated carbocycles. The molecule has 1 N–H and O–H groups in total. The van der Waals surface area contributed by atoms with Gasteiger partial charge in [0.25, 0.3) is 0 Å². The molecular weight excluding hydrogens is 296 g/mol. The van der Waals surface area contributed by atoms with Gasteiger partial charge in [0.2, 0.25) is 0 Å². The topological polar surface area (TPSA) is 20.2 Å². The van der Waals surface area contributed by atoms with E-state index in [0.717, 1.165) is 0 Å². The number of aliphatic hydroxyl groups is 1. The second-order valence-corrected chi connectivity index (χ2v) is 4.62. The summed E-state index contributed by atoms with van der Waals surface area (Å²) in [6.45, 7) is 0. The minimum atomic E-state index is -1.65. The van der Waals surface area contributed by atoms with E-state index >= 15 is 0 Å². The Balaban J connectivity index is 2.33. The lowest BCUT2D eigenvalue weighted by atomic mass is 10.00. The molecule has 0 heterocycles. The Hall–Kier alpha value is -1.59. The predicted octanol–water partition coefficient (Wildman–Crippen LogP) is 4.17. The van der Waals surface area contributed by atoms with Crippen LogP contribution >= 0.6 is 11.6 Å². The van der Waals surface area contributed by atoms with Crippen LogP contribution in [0.1, 0.15) is 17.2 Å². The zero-order chi connectivity index (χ0) is 14.9. The van der Waals surface area contributed by atoms with Crippen LogP contribution in [0.2, 0.25) is 5.02 Å². The number of benzene rings is 2. The molecule has 1 unspecified atom stereocenters. The summed E-state index contributed by atoms with van der Waals surface area (Å²) in [5.41, 5.74) is -0.695. The molecule has 106 valence electrons. The highest BCUT2D eigenvalue weighted by Gasteiger charge is 2.21. The monoisotopic (exact) mass is 304 g/mol. The second-order valence-electron chi connectivity index (χ2n) is 4.22. The summed E-state index contributed by atoms with van der Waals surface area (Å²) in [4.78, 5) is 0. The molecule has 6 heteroatoms. The SMILES string of the molecule is OC(Cc1cccc(Cl)c1F)c1c(F)cc(F)cc1F. The minimum Gasteiger partial charge on any atom is -0.388 e. The average molecular weight is 305 g/mol. The van der Waals surface area contributed by atoms with Gasteiger partial charge in [-0.3, -0.25) is 0 Å². The largest absolute Gasteiger partial charge is 0.388 e. The molecule has 1 nitrogen and oxygen atoms in total. The van der Waals surface area contributed by atoms with Gasteiger partial charge < -0.3 is 5.11 Å². The van der Waals surface area contributed by atoms with Crippen LogP contribution in [-0.2, 0) is 6.42 Å². The zero-order valence-corrected chi connectivity index (χ0v) is 10.8. The minimum absolute atomic E-state index is 0.00752. The van der Waals surface area contributed by atoms with Crippen LogP contribution in [0.15, 0.2) is 30.3 Å². The Morgan fingerprint density at radius 2 is 1.65 bits per heavy atom. The summed E-state index contributed by atoms with van der Waals surface area (Å²) in [5.74, 6) is -4.31. The molecule has 2 aromatic carbocycles. The first-order chi connectivity index (χ1) is 9.40. The van der Waals surface area contributed by atoms with Gasteiger partial charge in [-0.25, -0.2) is 17.6 Å². The van der Waals surface area contributed by atoms with E-state index in [2.05, 4.69) is 0 Å². The third-order valence-corrected chi connectivity index (χ3v) is 3.11. The lowest BCUT2D eigenvalue weighted by Gasteiger charge is -2.14. The van der Waals surface area contributed by atoms with Crippen molar-refractivity contribution in [1.29, 1.82) is 0 Å². The maximum absolute atomic E-state index is 13.7. The van der Waals surface area contributed by atoms with Crippen LogP contribution in [0.3, 0.4) is 0 Å². The maximum atomic E-state index is 13.7. The van der Waals surface area contributed by atoms with Crippen molar-refractivity contribution in [3.63, 3.8) is 0 Å². The standard InChI is InChI=1S/C14H9ClF4O/c15-9-3-1-2-7(14(9)19)4-12(20)13-10(17)5-8(16)6-11(13)18/h1-3,5-6,12,20H,4H2. The summed E-state index contributed by atoms with van der Waals surface area (Å²) in [6, 6.07) is 5.01. The first-order valence-electron chi connectivity index (χ1n) is 5.65. The quantitative estimate of drug-likeness (QED) is 0.844. The molecule has 0 saturated heterocycles. The van der Waals surface area contributed by atoms with Gasteiger partial charge in [0, 0.05) is 18.6 Å². The maximum Gasteiger partial charge on any atom is 0.145 e. The van der Waals surface area contributed by atoms with E-state index in [-0.39, 0.29) is 17.0 Å². The number of hydrogen-bond donors (Lipinski definition) is 1. The fraction of sp³-hybridized carbons (Fsp3) is 0.143. The van der Waals surface area contributed by atoms with Gasteiger partial charge >= 0.3 is 0 Å².